The van der Waals surface area contributed by atoms with E-state index < -0.39 is 0 Å². The molecule has 1 fully saturated rings. The Morgan fingerprint density at radius 1 is 1.21 bits per heavy atom. The Hall–Kier alpha value is -1.69. The molecule has 1 amide bonds. The molecule has 0 atom stereocenters. The summed E-state index contributed by atoms with van der Waals surface area (Å²) in [4.78, 5) is 18.1. The number of rotatable bonds is 5. The Morgan fingerprint density at radius 3 is 2.75 bits per heavy atom. The van der Waals surface area contributed by atoms with Crippen molar-refractivity contribution in [3.05, 3.63) is 51.7 Å². The van der Waals surface area contributed by atoms with Crippen molar-refractivity contribution in [2.75, 3.05) is 38.5 Å². The molecule has 2 heterocycles. The molecule has 2 aromatic rings. The smallest absolute Gasteiger partial charge is 0.266 e. The lowest BCUT2D eigenvalue weighted by molar-refractivity contribution is 0.103. The van der Waals surface area contributed by atoms with Crippen LogP contribution < -0.4 is 5.32 Å². The first-order valence-electron chi connectivity index (χ1n) is 8.53. The number of anilines is 1. The summed E-state index contributed by atoms with van der Waals surface area (Å²) in [5.41, 5.74) is 3.24. The van der Waals surface area contributed by atoms with E-state index in [1.165, 1.54) is 16.9 Å². The molecule has 4 nitrogen and oxygen atoms in total. The Balaban J connectivity index is 1.64. The van der Waals surface area contributed by atoms with Crippen LogP contribution in [0.1, 0.15) is 27.7 Å². The van der Waals surface area contributed by atoms with Crippen LogP contribution in [0.25, 0.3) is 0 Å². The normalized spacial score (nSPS) is 16.2. The molecular formula is C19H25N3OS. The summed E-state index contributed by atoms with van der Waals surface area (Å²) in [6.45, 7) is 7.46. The van der Waals surface area contributed by atoms with Gasteiger partial charge in [0.05, 0.1) is 4.88 Å². The summed E-state index contributed by atoms with van der Waals surface area (Å²) < 4.78 is 0. The Morgan fingerprint density at radius 2 is 2.00 bits per heavy atom. The third-order valence-corrected chi connectivity index (χ3v) is 5.48. The third-order valence-electron chi connectivity index (χ3n) is 4.52. The molecule has 0 aliphatic carbocycles. The zero-order valence-electron chi connectivity index (χ0n) is 14.4. The number of likely N-dealkylation sites (N-methyl/N-ethyl adjacent to an activating group) is 1. The second-order valence-electron chi connectivity index (χ2n) is 6.36. The summed E-state index contributed by atoms with van der Waals surface area (Å²) in [5.74, 6) is -0.00130. The number of aryl methyl sites for hydroxylation is 1. The van der Waals surface area contributed by atoms with Gasteiger partial charge in [-0.15, -0.1) is 11.3 Å². The summed E-state index contributed by atoms with van der Waals surface area (Å²) in [6, 6.07) is 10.2. The lowest BCUT2D eigenvalue weighted by Gasteiger charge is -2.32. The van der Waals surface area contributed by atoms with E-state index in [-0.39, 0.29) is 5.91 Å². The predicted molar refractivity (Wildman–Crippen MR) is 101 cm³/mol. The van der Waals surface area contributed by atoms with Gasteiger partial charge in [0.15, 0.2) is 0 Å². The van der Waals surface area contributed by atoms with Gasteiger partial charge in [-0.2, -0.15) is 0 Å². The number of amides is 1. The van der Waals surface area contributed by atoms with Crippen LogP contribution in [-0.4, -0.2) is 48.9 Å². The second kappa shape index (κ2) is 7.92. The molecule has 1 saturated heterocycles. The van der Waals surface area contributed by atoms with Crippen molar-refractivity contribution in [3.63, 3.8) is 0 Å². The molecule has 128 valence electrons. The lowest BCUT2D eigenvalue weighted by Crippen LogP contribution is -2.43. The number of hydrogen-bond acceptors (Lipinski definition) is 4. The summed E-state index contributed by atoms with van der Waals surface area (Å²) in [5, 5.41) is 5.03. The van der Waals surface area contributed by atoms with E-state index in [1.54, 1.807) is 0 Å². The van der Waals surface area contributed by atoms with Crippen LogP contribution in [0.4, 0.5) is 5.69 Å². The van der Waals surface area contributed by atoms with Crippen molar-refractivity contribution in [2.45, 2.75) is 19.9 Å². The van der Waals surface area contributed by atoms with Gasteiger partial charge in [-0.25, -0.2) is 0 Å². The molecule has 0 saturated carbocycles. The molecule has 0 bridgehead atoms. The van der Waals surface area contributed by atoms with Gasteiger partial charge in [0.25, 0.3) is 5.91 Å². The first-order valence-corrected chi connectivity index (χ1v) is 9.41. The van der Waals surface area contributed by atoms with Crippen LogP contribution in [0.15, 0.2) is 35.7 Å². The number of piperazine rings is 1. The first kappa shape index (κ1) is 17.1. The second-order valence-corrected chi connectivity index (χ2v) is 7.28. The zero-order chi connectivity index (χ0) is 16.9. The molecule has 1 aromatic heterocycles. The highest BCUT2D eigenvalue weighted by Crippen LogP contribution is 2.20. The van der Waals surface area contributed by atoms with Gasteiger partial charge in [0, 0.05) is 38.4 Å². The van der Waals surface area contributed by atoms with E-state index in [0.717, 1.165) is 55.3 Å². The number of nitrogens with one attached hydrogen (secondary N) is 1. The van der Waals surface area contributed by atoms with Crippen LogP contribution in [-0.2, 0) is 13.0 Å². The van der Waals surface area contributed by atoms with Crippen LogP contribution in [0, 0.1) is 0 Å². The van der Waals surface area contributed by atoms with Gasteiger partial charge in [-0.3, -0.25) is 9.69 Å². The quantitative estimate of drug-likeness (QED) is 0.905. The highest BCUT2D eigenvalue weighted by molar-refractivity contribution is 7.12. The maximum Gasteiger partial charge on any atom is 0.266 e. The highest BCUT2D eigenvalue weighted by Gasteiger charge is 2.15. The average Bonchev–Trinajstić information content (AvgIpc) is 3.06. The SMILES string of the molecule is CCc1ccsc1C(=O)Nc1cccc(CN2CCN(C)CC2)c1. The molecule has 1 N–H and O–H groups in total. The molecular weight excluding hydrogens is 318 g/mol. The Kier molecular flexibility index (Phi) is 5.66. The van der Waals surface area contributed by atoms with E-state index in [0.29, 0.717) is 0 Å². The summed E-state index contributed by atoms with van der Waals surface area (Å²) in [7, 11) is 2.17. The molecule has 5 heteroatoms. The van der Waals surface area contributed by atoms with Crippen LogP contribution in [0.2, 0.25) is 0 Å². The molecule has 3 rings (SSSR count). The number of nitrogens with zero attached hydrogens (tertiary/aromatic N) is 2. The average molecular weight is 343 g/mol. The molecule has 0 radical (unpaired) electrons. The Labute approximate surface area is 148 Å². The molecule has 24 heavy (non-hydrogen) atoms. The largest absolute Gasteiger partial charge is 0.321 e. The van der Waals surface area contributed by atoms with Crippen molar-refractivity contribution in [2.24, 2.45) is 0 Å². The van der Waals surface area contributed by atoms with Gasteiger partial charge in [0.2, 0.25) is 0 Å². The monoisotopic (exact) mass is 343 g/mol. The fourth-order valence-electron chi connectivity index (χ4n) is 3.01. The minimum absolute atomic E-state index is 0.00130. The third kappa shape index (κ3) is 4.23. The van der Waals surface area contributed by atoms with Gasteiger partial charge in [-0.1, -0.05) is 19.1 Å². The summed E-state index contributed by atoms with van der Waals surface area (Å²) in [6.07, 6.45) is 0.885. The standard InChI is InChI=1S/C19H25N3OS/c1-3-16-7-12-24-18(16)19(23)20-17-6-4-5-15(13-17)14-22-10-8-21(2)9-11-22/h4-7,12-13H,3,8-11,14H2,1-2H3,(H,20,23). The van der Waals surface area contributed by atoms with Gasteiger partial charge in [0.1, 0.15) is 0 Å². The lowest BCUT2D eigenvalue weighted by atomic mass is 10.1. The number of carbonyl (C=O) groups excluding carboxylic acids is 1. The van der Waals surface area contributed by atoms with Crippen LogP contribution in [0.5, 0.6) is 0 Å². The number of thiophene rings is 1. The van der Waals surface area contributed by atoms with Crippen LogP contribution >= 0.6 is 11.3 Å². The van der Waals surface area contributed by atoms with Crippen LogP contribution in [0.3, 0.4) is 0 Å². The number of benzene rings is 1. The topological polar surface area (TPSA) is 35.6 Å². The maximum atomic E-state index is 12.5. The predicted octanol–water partition coefficient (Wildman–Crippen LogP) is 3.31. The first-order chi connectivity index (χ1) is 11.7. The van der Waals surface area contributed by atoms with Crippen molar-refractivity contribution in [3.8, 4) is 0 Å². The molecule has 0 spiro atoms. The van der Waals surface area contributed by atoms with Gasteiger partial charge < -0.3 is 10.2 Å². The Bertz CT molecular complexity index is 689. The highest BCUT2D eigenvalue weighted by atomic mass is 32.1. The molecule has 1 aliphatic rings. The van der Waals surface area contributed by atoms with Crippen molar-refractivity contribution in [1.82, 2.24) is 9.80 Å². The molecule has 1 aliphatic heterocycles. The molecule has 0 unspecified atom stereocenters. The minimum Gasteiger partial charge on any atom is -0.321 e. The maximum absolute atomic E-state index is 12.5. The zero-order valence-corrected chi connectivity index (χ0v) is 15.2. The van der Waals surface area contributed by atoms with E-state index in [9.17, 15) is 4.79 Å². The summed E-state index contributed by atoms with van der Waals surface area (Å²) >= 11 is 1.51. The van der Waals surface area contributed by atoms with E-state index in [4.69, 9.17) is 0 Å². The van der Waals surface area contributed by atoms with E-state index in [2.05, 4.69) is 41.2 Å². The van der Waals surface area contributed by atoms with Gasteiger partial charge >= 0.3 is 0 Å². The fraction of sp³-hybridized carbons (Fsp3) is 0.421. The van der Waals surface area contributed by atoms with E-state index in [1.807, 2.05) is 23.6 Å². The minimum atomic E-state index is -0.00130. The number of hydrogen-bond donors (Lipinski definition) is 1. The fourth-order valence-corrected chi connectivity index (χ4v) is 3.90. The van der Waals surface area contributed by atoms with Crippen molar-refractivity contribution < 1.29 is 4.79 Å². The van der Waals surface area contributed by atoms with Crippen molar-refractivity contribution >= 4 is 22.9 Å². The van der Waals surface area contributed by atoms with Gasteiger partial charge in [-0.05, 0) is 48.2 Å². The number of carbonyl (C=O) groups is 1. The van der Waals surface area contributed by atoms with Crippen molar-refractivity contribution in [1.29, 1.82) is 0 Å². The molecule has 1 aromatic carbocycles. The van der Waals surface area contributed by atoms with E-state index >= 15 is 0 Å².